The van der Waals surface area contributed by atoms with E-state index in [0.29, 0.717) is 12.1 Å². The van der Waals surface area contributed by atoms with Crippen LogP contribution in [0.1, 0.15) is 30.0 Å². The van der Waals surface area contributed by atoms with E-state index in [2.05, 4.69) is 0 Å². The van der Waals surface area contributed by atoms with E-state index in [9.17, 15) is 13.6 Å². The van der Waals surface area contributed by atoms with E-state index in [4.69, 9.17) is 0 Å². The molecule has 1 fully saturated rings. The maximum atomic E-state index is 13.7. The average Bonchev–Trinajstić information content (AvgIpc) is 2.99. The van der Waals surface area contributed by atoms with Crippen molar-refractivity contribution >= 4 is 5.91 Å². The van der Waals surface area contributed by atoms with Crippen molar-refractivity contribution in [3.05, 3.63) is 71.3 Å². The van der Waals surface area contributed by atoms with E-state index >= 15 is 0 Å². The lowest BCUT2D eigenvalue weighted by Crippen LogP contribution is -2.32. The van der Waals surface area contributed by atoms with Crippen LogP contribution in [0.2, 0.25) is 0 Å². The highest BCUT2D eigenvalue weighted by molar-refractivity contribution is 5.79. The zero-order valence-electron chi connectivity index (χ0n) is 12.1. The standard InChI is InChI=1S/C18H17F2NO/c19-15-7-3-6-14(11-15)17-9-4-10-21(17)18(22)12-13-5-1-2-8-16(13)20/h1-3,5-8,11,17H,4,9-10,12H2/t17-/m0/s1. The fourth-order valence-corrected chi connectivity index (χ4v) is 3.03. The van der Waals surface area contributed by atoms with Crippen LogP contribution in [0.25, 0.3) is 0 Å². The van der Waals surface area contributed by atoms with Crippen molar-refractivity contribution < 1.29 is 13.6 Å². The summed E-state index contributed by atoms with van der Waals surface area (Å²) in [6.07, 6.45) is 1.73. The summed E-state index contributed by atoms with van der Waals surface area (Å²) in [5, 5.41) is 0. The van der Waals surface area contributed by atoms with Crippen molar-refractivity contribution in [1.82, 2.24) is 4.90 Å². The molecule has 114 valence electrons. The first-order valence-electron chi connectivity index (χ1n) is 7.43. The van der Waals surface area contributed by atoms with Gasteiger partial charge in [0.1, 0.15) is 11.6 Å². The summed E-state index contributed by atoms with van der Waals surface area (Å²) >= 11 is 0. The van der Waals surface area contributed by atoms with Crippen LogP contribution >= 0.6 is 0 Å². The third-order valence-electron chi connectivity index (χ3n) is 4.11. The molecule has 4 heteroatoms. The second-order valence-electron chi connectivity index (χ2n) is 5.57. The Kier molecular flexibility index (Phi) is 4.18. The molecule has 1 aliphatic heterocycles. The largest absolute Gasteiger partial charge is 0.335 e. The summed E-state index contributed by atoms with van der Waals surface area (Å²) in [6, 6.07) is 12.6. The molecule has 0 saturated carbocycles. The molecule has 1 aliphatic rings. The summed E-state index contributed by atoms with van der Waals surface area (Å²) in [4.78, 5) is 14.2. The highest BCUT2D eigenvalue weighted by Crippen LogP contribution is 2.32. The second kappa shape index (κ2) is 6.26. The summed E-state index contributed by atoms with van der Waals surface area (Å²) in [7, 11) is 0. The van der Waals surface area contributed by atoms with Crippen LogP contribution in [0.4, 0.5) is 8.78 Å². The van der Waals surface area contributed by atoms with Crippen LogP contribution in [0, 0.1) is 11.6 Å². The number of hydrogen-bond donors (Lipinski definition) is 0. The molecule has 3 rings (SSSR count). The Morgan fingerprint density at radius 1 is 1.14 bits per heavy atom. The lowest BCUT2D eigenvalue weighted by Gasteiger charge is -2.25. The van der Waals surface area contributed by atoms with Crippen molar-refractivity contribution in [1.29, 1.82) is 0 Å². The molecule has 22 heavy (non-hydrogen) atoms. The van der Waals surface area contributed by atoms with Crippen molar-refractivity contribution in [3.8, 4) is 0 Å². The van der Waals surface area contributed by atoms with Crippen LogP contribution in [0.5, 0.6) is 0 Å². The minimum absolute atomic E-state index is 0.0402. The van der Waals surface area contributed by atoms with Gasteiger partial charge in [-0.15, -0.1) is 0 Å². The van der Waals surface area contributed by atoms with Gasteiger partial charge in [0.05, 0.1) is 12.5 Å². The van der Waals surface area contributed by atoms with E-state index in [-0.39, 0.29) is 30.0 Å². The first kappa shape index (κ1) is 14.7. The Morgan fingerprint density at radius 3 is 2.73 bits per heavy atom. The molecule has 0 N–H and O–H groups in total. The van der Waals surface area contributed by atoms with Crippen LogP contribution < -0.4 is 0 Å². The molecule has 1 saturated heterocycles. The van der Waals surface area contributed by atoms with Gasteiger partial charge in [0.15, 0.2) is 0 Å². The number of amides is 1. The van der Waals surface area contributed by atoms with Gasteiger partial charge in [-0.2, -0.15) is 0 Å². The predicted molar refractivity (Wildman–Crippen MR) is 80.2 cm³/mol. The van der Waals surface area contributed by atoms with Crippen molar-refractivity contribution in [2.45, 2.75) is 25.3 Å². The minimum atomic E-state index is -0.364. The Balaban J connectivity index is 1.78. The smallest absolute Gasteiger partial charge is 0.227 e. The molecule has 2 aromatic carbocycles. The van der Waals surface area contributed by atoms with Gasteiger partial charge >= 0.3 is 0 Å². The van der Waals surface area contributed by atoms with Gasteiger partial charge in [-0.25, -0.2) is 8.78 Å². The maximum Gasteiger partial charge on any atom is 0.227 e. The molecule has 0 radical (unpaired) electrons. The monoisotopic (exact) mass is 301 g/mol. The van der Waals surface area contributed by atoms with Gasteiger partial charge in [-0.1, -0.05) is 30.3 Å². The minimum Gasteiger partial charge on any atom is -0.335 e. The van der Waals surface area contributed by atoms with Gasteiger partial charge in [0.2, 0.25) is 5.91 Å². The van der Waals surface area contributed by atoms with E-state index in [0.717, 1.165) is 18.4 Å². The van der Waals surface area contributed by atoms with Gasteiger partial charge in [-0.3, -0.25) is 4.79 Å². The van der Waals surface area contributed by atoms with Gasteiger partial charge in [-0.05, 0) is 42.2 Å². The summed E-state index contributed by atoms with van der Waals surface area (Å²) in [5.41, 5.74) is 1.21. The SMILES string of the molecule is O=C(Cc1ccccc1F)N1CCC[C@H]1c1cccc(F)c1. The van der Waals surface area contributed by atoms with Crippen LogP contribution in [-0.4, -0.2) is 17.4 Å². The molecule has 2 nitrogen and oxygen atoms in total. The number of nitrogens with zero attached hydrogens (tertiary/aromatic N) is 1. The number of likely N-dealkylation sites (tertiary alicyclic amines) is 1. The summed E-state index contributed by atoms with van der Waals surface area (Å²) < 4.78 is 27.1. The molecule has 0 bridgehead atoms. The van der Waals surface area contributed by atoms with E-state index < -0.39 is 0 Å². The molecule has 2 aromatic rings. The van der Waals surface area contributed by atoms with Crippen molar-refractivity contribution in [2.24, 2.45) is 0 Å². The molecule has 0 spiro atoms. The molecule has 0 aliphatic carbocycles. The Hall–Kier alpha value is -2.23. The van der Waals surface area contributed by atoms with Crippen LogP contribution in [0.3, 0.4) is 0 Å². The van der Waals surface area contributed by atoms with Crippen molar-refractivity contribution in [3.63, 3.8) is 0 Å². The highest BCUT2D eigenvalue weighted by atomic mass is 19.1. The third kappa shape index (κ3) is 3.01. The Labute approximate surface area is 128 Å². The molecule has 1 atom stereocenters. The maximum absolute atomic E-state index is 13.7. The number of carbonyl (C=O) groups is 1. The zero-order chi connectivity index (χ0) is 15.5. The molecule has 0 unspecified atom stereocenters. The predicted octanol–water partition coefficient (Wildman–Crippen LogP) is 3.87. The third-order valence-corrected chi connectivity index (χ3v) is 4.11. The molecule has 1 heterocycles. The molecular formula is C18H17F2NO. The summed E-state index contributed by atoms with van der Waals surface area (Å²) in [6.45, 7) is 0.633. The topological polar surface area (TPSA) is 20.3 Å². The van der Waals surface area contributed by atoms with E-state index in [1.165, 1.54) is 18.2 Å². The first-order valence-corrected chi connectivity index (χ1v) is 7.43. The fourth-order valence-electron chi connectivity index (χ4n) is 3.03. The second-order valence-corrected chi connectivity index (χ2v) is 5.57. The fraction of sp³-hybridized carbons (Fsp3) is 0.278. The van der Waals surface area contributed by atoms with Crippen LogP contribution in [0.15, 0.2) is 48.5 Å². The number of carbonyl (C=O) groups excluding carboxylic acids is 1. The normalized spacial score (nSPS) is 17.7. The average molecular weight is 301 g/mol. The van der Waals surface area contributed by atoms with Gasteiger partial charge < -0.3 is 4.90 Å². The van der Waals surface area contributed by atoms with Gasteiger partial charge in [0.25, 0.3) is 0 Å². The lowest BCUT2D eigenvalue weighted by molar-refractivity contribution is -0.131. The molecule has 0 aromatic heterocycles. The zero-order valence-corrected chi connectivity index (χ0v) is 12.1. The Morgan fingerprint density at radius 2 is 1.95 bits per heavy atom. The summed E-state index contributed by atoms with van der Waals surface area (Å²) in [5.74, 6) is -0.778. The molecule has 1 amide bonds. The molecular weight excluding hydrogens is 284 g/mol. The number of benzene rings is 2. The van der Waals surface area contributed by atoms with E-state index in [1.807, 2.05) is 6.07 Å². The number of hydrogen-bond acceptors (Lipinski definition) is 1. The highest BCUT2D eigenvalue weighted by Gasteiger charge is 2.30. The quantitative estimate of drug-likeness (QED) is 0.842. The number of halogens is 2. The van der Waals surface area contributed by atoms with Crippen molar-refractivity contribution in [2.75, 3.05) is 6.54 Å². The first-order chi connectivity index (χ1) is 10.6. The van der Waals surface area contributed by atoms with Gasteiger partial charge in [0, 0.05) is 6.54 Å². The number of rotatable bonds is 3. The van der Waals surface area contributed by atoms with Crippen LogP contribution in [-0.2, 0) is 11.2 Å². The Bertz CT molecular complexity index is 686. The van der Waals surface area contributed by atoms with E-state index in [1.54, 1.807) is 29.2 Å². The lowest BCUT2D eigenvalue weighted by atomic mass is 10.0.